The molecule has 1 atom stereocenters. The number of rotatable bonds is 3. The Hall–Kier alpha value is -2.75. The fourth-order valence-corrected chi connectivity index (χ4v) is 2.68. The molecule has 0 radical (unpaired) electrons. The maximum atomic E-state index is 12.5. The second-order valence-corrected chi connectivity index (χ2v) is 6.01. The first-order valence-corrected chi connectivity index (χ1v) is 7.65. The van der Waals surface area contributed by atoms with Gasteiger partial charge in [0.1, 0.15) is 5.75 Å². The van der Waals surface area contributed by atoms with Gasteiger partial charge in [-0.15, -0.1) is 0 Å². The van der Waals surface area contributed by atoms with Gasteiger partial charge in [0.05, 0.1) is 11.6 Å². The van der Waals surface area contributed by atoms with Gasteiger partial charge in [0.2, 0.25) is 0 Å². The van der Waals surface area contributed by atoms with Gasteiger partial charge < -0.3 is 20.6 Å². The van der Waals surface area contributed by atoms with E-state index in [1.807, 2.05) is 6.07 Å². The van der Waals surface area contributed by atoms with Gasteiger partial charge >= 0.3 is 6.03 Å². The normalized spacial score (nSPS) is 20.0. The highest BCUT2D eigenvalue weighted by Crippen LogP contribution is 2.20. The van der Waals surface area contributed by atoms with Gasteiger partial charge in [0.15, 0.2) is 0 Å². The van der Waals surface area contributed by atoms with Crippen molar-refractivity contribution in [3.63, 3.8) is 0 Å². The number of urea groups is 1. The number of carbonyl (C=O) groups excluding carboxylic acids is 2. The predicted octanol–water partition coefficient (Wildman–Crippen LogP) is 0.940. The highest BCUT2D eigenvalue weighted by Gasteiger charge is 2.30. The molecule has 3 rings (SSSR count). The molecule has 1 saturated carbocycles. The third-order valence-electron chi connectivity index (χ3n) is 4.02. The van der Waals surface area contributed by atoms with Crippen molar-refractivity contribution in [2.75, 3.05) is 13.1 Å². The van der Waals surface area contributed by atoms with Crippen molar-refractivity contribution >= 4 is 11.9 Å². The topological polar surface area (TPSA) is 105 Å². The summed E-state index contributed by atoms with van der Waals surface area (Å²) in [6.07, 6.45) is 2.75. The molecule has 3 N–H and O–H groups in total. The lowest BCUT2D eigenvalue weighted by atomic mass is 10.1. The van der Waals surface area contributed by atoms with Gasteiger partial charge in [-0.2, -0.15) is 5.26 Å². The Morgan fingerprint density at radius 3 is 2.61 bits per heavy atom. The summed E-state index contributed by atoms with van der Waals surface area (Å²) in [7, 11) is 0. The molecule has 23 heavy (non-hydrogen) atoms. The molecule has 1 heterocycles. The molecule has 120 valence electrons. The first-order valence-electron chi connectivity index (χ1n) is 7.65. The van der Waals surface area contributed by atoms with Gasteiger partial charge in [-0.05, 0) is 37.5 Å². The lowest BCUT2D eigenvalue weighted by molar-refractivity contribution is 0.0789. The number of nitrogens with one attached hydrogen (secondary N) is 2. The molecule has 2 aliphatic rings. The van der Waals surface area contributed by atoms with E-state index < -0.39 is 0 Å². The Bertz CT molecular complexity index is 678. The molecule has 3 amide bonds. The summed E-state index contributed by atoms with van der Waals surface area (Å²) in [5.41, 5.74) is 0.524. The number of benzene rings is 1. The van der Waals surface area contributed by atoms with Crippen LogP contribution in [0.5, 0.6) is 5.75 Å². The van der Waals surface area contributed by atoms with Crippen LogP contribution in [0.15, 0.2) is 18.2 Å². The molecule has 1 aliphatic carbocycles. The minimum absolute atomic E-state index is 0.0783. The van der Waals surface area contributed by atoms with Crippen molar-refractivity contribution in [2.24, 2.45) is 0 Å². The van der Waals surface area contributed by atoms with Gasteiger partial charge in [-0.25, -0.2) is 4.79 Å². The van der Waals surface area contributed by atoms with Gasteiger partial charge in [-0.1, -0.05) is 0 Å². The predicted molar refractivity (Wildman–Crippen MR) is 81.8 cm³/mol. The van der Waals surface area contributed by atoms with Crippen molar-refractivity contribution in [2.45, 2.75) is 31.3 Å². The molecule has 2 fully saturated rings. The molecule has 1 aromatic rings. The van der Waals surface area contributed by atoms with Crippen LogP contribution in [0, 0.1) is 11.3 Å². The number of nitrogens with zero attached hydrogens (tertiary/aromatic N) is 2. The van der Waals surface area contributed by atoms with E-state index in [9.17, 15) is 14.7 Å². The summed E-state index contributed by atoms with van der Waals surface area (Å²) >= 11 is 0. The molecule has 0 aromatic heterocycles. The van der Waals surface area contributed by atoms with Crippen molar-refractivity contribution in [3.05, 3.63) is 29.3 Å². The quantitative estimate of drug-likeness (QED) is 0.772. The molecule has 0 spiro atoms. The molecule has 0 bridgehead atoms. The molecular weight excluding hydrogens is 296 g/mol. The molecule has 1 saturated heterocycles. The third kappa shape index (κ3) is 3.72. The summed E-state index contributed by atoms with van der Waals surface area (Å²) < 4.78 is 0. The van der Waals surface area contributed by atoms with E-state index in [-0.39, 0.29) is 34.9 Å². The van der Waals surface area contributed by atoms with Gasteiger partial charge in [0, 0.05) is 30.7 Å². The third-order valence-corrected chi connectivity index (χ3v) is 4.02. The van der Waals surface area contributed by atoms with E-state index in [4.69, 9.17) is 5.26 Å². The molecule has 1 aliphatic heterocycles. The monoisotopic (exact) mass is 314 g/mol. The van der Waals surface area contributed by atoms with Crippen LogP contribution in [-0.4, -0.2) is 47.1 Å². The second-order valence-electron chi connectivity index (χ2n) is 6.01. The average Bonchev–Trinajstić information content (AvgIpc) is 3.21. The van der Waals surface area contributed by atoms with E-state index in [1.54, 1.807) is 4.90 Å². The lowest BCUT2D eigenvalue weighted by Gasteiger charge is -2.17. The minimum Gasteiger partial charge on any atom is -0.508 e. The highest BCUT2D eigenvalue weighted by atomic mass is 16.3. The number of nitriles is 1. The van der Waals surface area contributed by atoms with Crippen molar-refractivity contribution in [3.8, 4) is 11.8 Å². The zero-order valence-electron chi connectivity index (χ0n) is 12.6. The average molecular weight is 314 g/mol. The number of phenols is 1. The van der Waals surface area contributed by atoms with E-state index in [2.05, 4.69) is 10.6 Å². The highest BCUT2D eigenvalue weighted by molar-refractivity contribution is 5.95. The summed E-state index contributed by atoms with van der Waals surface area (Å²) in [6.45, 7) is 0.958. The molecule has 1 aromatic carbocycles. The fraction of sp³-hybridized carbons (Fsp3) is 0.438. The number of aromatic hydroxyl groups is 1. The van der Waals surface area contributed by atoms with E-state index in [0.29, 0.717) is 25.6 Å². The molecule has 7 heteroatoms. The van der Waals surface area contributed by atoms with E-state index in [1.165, 1.54) is 18.2 Å². The minimum atomic E-state index is -0.246. The number of amides is 3. The number of hydrogen-bond donors (Lipinski definition) is 3. The number of likely N-dealkylation sites (tertiary alicyclic amines) is 1. The zero-order valence-corrected chi connectivity index (χ0v) is 12.6. The SMILES string of the molecule is N#Cc1cc(O)cc(C(=O)N2CCC(NC(=O)NC3CC3)C2)c1. The second kappa shape index (κ2) is 6.16. The maximum absolute atomic E-state index is 12.5. The Morgan fingerprint density at radius 2 is 1.91 bits per heavy atom. The van der Waals surface area contributed by atoms with E-state index >= 15 is 0 Å². The number of phenolic OH excluding ortho intramolecular Hbond substituents is 1. The van der Waals surface area contributed by atoms with Crippen LogP contribution >= 0.6 is 0 Å². The van der Waals surface area contributed by atoms with Crippen LogP contribution in [0.1, 0.15) is 35.2 Å². The molecular formula is C16H18N4O3. The van der Waals surface area contributed by atoms with Crippen LogP contribution < -0.4 is 10.6 Å². The zero-order chi connectivity index (χ0) is 16.4. The Balaban J connectivity index is 1.59. The van der Waals surface area contributed by atoms with Crippen LogP contribution in [0.4, 0.5) is 4.79 Å². The summed E-state index contributed by atoms with van der Waals surface area (Å²) in [4.78, 5) is 25.8. The standard InChI is InChI=1S/C16H18N4O3/c17-8-10-5-11(7-14(21)6-10)15(22)20-4-3-13(9-20)19-16(23)18-12-1-2-12/h5-7,12-13,21H,1-4,9H2,(H2,18,19,23). The van der Waals surface area contributed by atoms with Crippen molar-refractivity contribution < 1.29 is 14.7 Å². The largest absolute Gasteiger partial charge is 0.508 e. The Labute approximate surface area is 133 Å². The van der Waals surface area contributed by atoms with Crippen LogP contribution in [0.25, 0.3) is 0 Å². The maximum Gasteiger partial charge on any atom is 0.315 e. The fourth-order valence-electron chi connectivity index (χ4n) is 2.68. The summed E-state index contributed by atoms with van der Waals surface area (Å²) in [5, 5.41) is 24.2. The number of hydrogen-bond acceptors (Lipinski definition) is 4. The first kappa shape index (κ1) is 15.2. The molecule has 7 nitrogen and oxygen atoms in total. The number of carbonyl (C=O) groups is 2. The first-order chi connectivity index (χ1) is 11.0. The van der Waals surface area contributed by atoms with Crippen LogP contribution in [-0.2, 0) is 0 Å². The van der Waals surface area contributed by atoms with Crippen LogP contribution in [0.3, 0.4) is 0 Å². The van der Waals surface area contributed by atoms with Gasteiger partial charge in [0.25, 0.3) is 5.91 Å². The van der Waals surface area contributed by atoms with Crippen molar-refractivity contribution in [1.29, 1.82) is 5.26 Å². The smallest absolute Gasteiger partial charge is 0.315 e. The van der Waals surface area contributed by atoms with Crippen molar-refractivity contribution in [1.82, 2.24) is 15.5 Å². The summed E-state index contributed by atoms with van der Waals surface area (Å²) in [5.74, 6) is -0.352. The Morgan fingerprint density at radius 1 is 1.17 bits per heavy atom. The molecule has 1 unspecified atom stereocenters. The van der Waals surface area contributed by atoms with E-state index in [0.717, 1.165) is 12.8 Å². The summed E-state index contributed by atoms with van der Waals surface area (Å²) in [6, 6.07) is 6.08. The Kier molecular flexibility index (Phi) is 4.06. The van der Waals surface area contributed by atoms with Crippen LogP contribution in [0.2, 0.25) is 0 Å². The van der Waals surface area contributed by atoms with Gasteiger partial charge in [-0.3, -0.25) is 4.79 Å². The lowest BCUT2D eigenvalue weighted by Crippen LogP contribution is -2.44.